The van der Waals surface area contributed by atoms with Gasteiger partial charge in [0.2, 0.25) is 10.0 Å². The largest absolute Gasteiger partial charge is 0.392 e. The highest BCUT2D eigenvalue weighted by atomic mass is 32.2. The van der Waals surface area contributed by atoms with Crippen LogP contribution in [0, 0.1) is 15.9 Å². The molecule has 1 aromatic carbocycles. The Balaban J connectivity index is 3.45. The van der Waals surface area contributed by atoms with Crippen molar-refractivity contribution in [2.24, 2.45) is 5.84 Å². The number of rotatable bonds is 6. The molecule has 11 heteroatoms. The molecule has 118 valence electrons. The Labute approximate surface area is 120 Å². The highest BCUT2D eigenvalue weighted by Gasteiger charge is 2.30. The predicted molar refractivity (Wildman–Crippen MR) is 72.4 cm³/mol. The molecule has 1 atom stereocenters. The topological polar surface area (TPSA) is 139 Å². The summed E-state index contributed by atoms with van der Waals surface area (Å²) in [4.78, 5) is 8.94. The number of hydrogen-bond donors (Lipinski definition) is 3. The molecule has 0 aromatic heterocycles. The van der Waals surface area contributed by atoms with E-state index in [1.165, 1.54) is 6.92 Å². The van der Waals surface area contributed by atoms with Crippen molar-refractivity contribution in [1.29, 1.82) is 0 Å². The Morgan fingerprint density at radius 1 is 1.57 bits per heavy atom. The summed E-state index contributed by atoms with van der Waals surface area (Å²) in [5, 5.41) is 19.9. The fourth-order valence-corrected chi connectivity index (χ4v) is 3.10. The van der Waals surface area contributed by atoms with Gasteiger partial charge in [-0.05, 0) is 6.92 Å². The molecule has 0 aliphatic rings. The maximum atomic E-state index is 14.0. The van der Waals surface area contributed by atoms with E-state index in [1.807, 2.05) is 5.43 Å². The first-order valence-corrected chi connectivity index (χ1v) is 7.14. The van der Waals surface area contributed by atoms with Crippen molar-refractivity contribution in [2.45, 2.75) is 17.9 Å². The van der Waals surface area contributed by atoms with Crippen molar-refractivity contribution in [3.8, 4) is 0 Å². The molecule has 0 bridgehead atoms. The summed E-state index contributed by atoms with van der Waals surface area (Å²) in [5.74, 6) is 3.80. The highest BCUT2D eigenvalue weighted by molar-refractivity contribution is 7.89. The van der Waals surface area contributed by atoms with Crippen LogP contribution in [-0.2, 0) is 10.0 Å². The van der Waals surface area contributed by atoms with E-state index in [4.69, 9.17) is 5.84 Å². The molecular weight excluding hydrogens is 307 g/mol. The molecule has 1 unspecified atom stereocenters. The molecule has 0 saturated heterocycles. The number of likely N-dealkylation sites (N-methyl/N-ethyl adjacent to an activating group) is 1. The van der Waals surface area contributed by atoms with Gasteiger partial charge in [-0.25, -0.2) is 12.8 Å². The smallest absolute Gasteiger partial charge is 0.274 e. The lowest BCUT2D eigenvalue weighted by molar-refractivity contribution is -0.385. The van der Waals surface area contributed by atoms with Gasteiger partial charge in [0.15, 0.2) is 5.82 Å². The Morgan fingerprint density at radius 2 is 2.14 bits per heavy atom. The van der Waals surface area contributed by atoms with Crippen molar-refractivity contribution in [2.75, 3.05) is 19.0 Å². The monoisotopic (exact) mass is 322 g/mol. The van der Waals surface area contributed by atoms with Gasteiger partial charge >= 0.3 is 0 Å². The van der Waals surface area contributed by atoms with Crippen LogP contribution in [0.15, 0.2) is 17.0 Å². The Bertz CT molecular complexity index is 649. The van der Waals surface area contributed by atoms with Crippen LogP contribution in [0.2, 0.25) is 0 Å². The van der Waals surface area contributed by atoms with Crippen molar-refractivity contribution < 1.29 is 22.8 Å². The fourth-order valence-electron chi connectivity index (χ4n) is 1.68. The van der Waals surface area contributed by atoms with Gasteiger partial charge in [0.25, 0.3) is 5.69 Å². The molecule has 4 N–H and O–H groups in total. The lowest BCUT2D eigenvalue weighted by atomic mass is 10.3. The fraction of sp³-hybridized carbons (Fsp3) is 0.400. The number of nitro benzene ring substituents is 1. The summed E-state index contributed by atoms with van der Waals surface area (Å²) in [6, 6.07) is 1.30. The third kappa shape index (κ3) is 3.64. The molecule has 0 spiro atoms. The summed E-state index contributed by atoms with van der Waals surface area (Å²) >= 11 is 0. The van der Waals surface area contributed by atoms with Crippen molar-refractivity contribution in [3.05, 3.63) is 28.1 Å². The van der Waals surface area contributed by atoms with Crippen LogP contribution in [0.1, 0.15) is 6.92 Å². The standard InChI is InChI=1S/C10H15FN4O5S/c1-6(16)5-14(2)21(19,20)10-8(11)3-7(15(17)18)4-9(10)13-12/h3-4,6,13,16H,5,12H2,1-2H3. The van der Waals surface area contributed by atoms with Crippen LogP contribution in [0.25, 0.3) is 0 Å². The number of non-ortho nitro benzene ring substituents is 1. The predicted octanol–water partition coefficient (Wildman–Crippen LogP) is 0.0208. The maximum absolute atomic E-state index is 14.0. The molecule has 1 aromatic rings. The summed E-state index contributed by atoms with van der Waals surface area (Å²) in [6.45, 7) is 1.09. The number of anilines is 1. The minimum Gasteiger partial charge on any atom is -0.392 e. The lowest BCUT2D eigenvalue weighted by Gasteiger charge is -2.20. The van der Waals surface area contributed by atoms with Crippen LogP contribution >= 0.6 is 0 Å². The zero-order chi connectivity index (χ0) is 16.4. The van der Waals surface area contributed by atoms with Gasteiger partial charge in [0.1, 0.15) is 4.90 Å². The summed E-state index contributed by atoms with van der Waals surface area (Å²) in [7, 11) is -3.17. The van der Waals surface area contributed by atoms with Crippen LogP contribution in [0.3, 0.4) is 0 Å². The molecule has 0 radical (unpaired) electrons. The number of nitro groups is 1. The number of aliphatic hydroxyl groups excluding tert-OH is 1. The molecule has 0 aliphatic carbocycles. The SMILES string of the molecule is CC(O)CN(C)S(=O)(=O)c1c(F)cc([N+](=O)[O-])cc1NN. The van der Waals surface area contributed by atoms with E-state index in [-0.39, 0.29) is 6.54 Å². The zero-order valence-corrected chi connectivity index (χ0v) is 12.1. The second kappa shape index (κ2) is 6.30. The Hall–Kier alpha value is -1.82. The van der Waals surface area contributed by atoms with Gasteiger partial charge in [0.05, 0.1) is 22.8 Å². The van der Waals surface area contributed by atoms with Gasteiger partial charge in [-0.2, -0.15) is 4.31 Å². The van der Waals surface area contributed by atoms with Crippen LogP contribution in [-0.4, -0.2) is 42.4 Å². The van der Waals surface area contributed by atoms with E-state index in [1.54, 1.807) is 0 Å². The normalized spacial score (nSPS) is 13.2. The molecule has 0 amide bonds. The Kier molecular flexibility index (Phi) is 5.17. The van der Waals surface area contributed by atoms with E-state index >= 15 is 0 Å². The number of hydrogen-bond acceptors (Lipinski definition) is 7. The summed E-state index contributed by atoms with van der Waals surface area (Å²) < 4.78 is 39.2. The van der Waals surface area contributed by atoms with Gasteiger partial charge in [-0.15, -0.1) is 0 Å². The molecule has 0 saturated carbocycles. The number of benzene rings is 1. The first-order chi connectivity index (χ1) is 9.61. The average Bonchev–Trinajstić information content (AvgIpc) is 2.36. The van der Waals surface area contributed by atoms with Crippen molar-refractivity contribution in [3.63, 3.8) is 0 Å². The van der Waals surface area contributed by atoms with E-state index in [2.05, 4.69) is 0 Å². The number of halogens is 1. The van der Waals surface area contributed by atoms with E-state index in [0.29, 0.717) is 6.07 Å². The van der Waals surface area contributed by atoms with E-state index in [0.717, 1.165) is 17.4 Å². The molecule has 21 heavy (non-hydrogen) atoms. The molecule has 0 heterocycles. The van der Waals surface area contributed by atoms with Crippen LogP contribution < -0.4 is 11.3 Å². The average molecular weight is 322 g/mol. The third-order valence-electron chi connectivity index (χ3n) is 2.58. The van der Waals surface area contributed by atoms with Gasteiger partial charge in [-0.3, -0.25) is 16.0 Å². The molecule has 0 aliphatic heterocycles. The second-order valence-corrected chi connectivity index (χ2v) is 6.32. The lowest BCUT2D eigenvalue weighted by Crippen LogP contribution is -2.34. The van der Waals surface area contributed by atoms with Gasteiger partial charge in [-0.1, -0.05) is 0 Å². The molecule has 9 nitrogen and oxygen atoms in total. The summed E-state index contributed by atoms with van der Waals surface area (Å²) in [6.07, 6.45) is -0.972. The number of nitrogens with two attached hydrogens (primary N) is 1. The quantitative estimate of drug-likeness (QED) is 0.381. The first kappa shape index (κ1) is 17.2. The van der Waals surface area contributed by atoms with E-state index < -0.39 is 43.1 Å². The number of aliphatic hydroxyl groups is 1. The molecule has 0 fully saturated rings. The van der Waals surface area contributed by atoms with Gasteiger partial charge in [0, 0.05) is 19.7 Å². The van der Waals surface area contributed by atoms with E-state index in [9.17, 15) is 28.0 Å². The van der Waals surface area contributed by atoms with Gasteiger partial charge < -0.3 is 10.5 Å². The second-order valence-electron chi connectivity index (χ2n) is 4.34. The minimum atomic E-state index is -4.32. The molecule has 1 rings (SSSR count). The number of nitrogens with zero attached hydrogens (tertiary/aromatic N) is 2. The highest BCUT2D eigenvalue weighted by Crippen LogP contribution is 2.31. The van der Waals surface area contributed by atoms with Crippen LogP contribution in [0.5, 0.6) is 0 Å². The number of sulfonamides is 1. The zero-order valence-electron chi connectivity index (χ0n) is 11.3. The maximum Gasteiger partial charge on any atom is 0.274 e. The number of hydrazine groups is 1. The number of nitrogen functional groups attached to an aromatic ring is 1. The molecular formula is C10H15FN4O5S. The summed E-state index contributed by atoms with van der Waals surface area (Å²) in [5.41, 5.74) is 0.847. The van der Waals surface area contributed by atoms with Crippen molar-refractivity contribution in [1.82, 2.24) is 4.31 Å². The minimum absolute atomic E-state index is 0.275. The van der Waals surface area contributed by atoms with Crippen molar-refractivity contribution >= 4 is 21.4 Å². The number of nitrogens with one attached hydrogen (secondary N) is 1. The van der Waals surface area contributed by atoms with Crippen LogP contribution in [0.4, 0.5) is 15.8 Å². The first-order valence-electron chi connectivity index (χ1n) is 5.70. The third-order valence-corrected chi connectivity index (χ3v) is 4.48. The Morgan fingerprint density at radius 3 is 2.57 bits per heavy atom.